The van der Waals surface area contributed by atoms with Crippen LogP contribution in [0.3, 0.4) is 0 Å². The molecule has 1 aromatic carbocycles. The Hall–Kier alpha value is -3.66. The molecule has 0 unspecified atom stereocenters. The van der Waals surface area contributed by atoms with Gasteiger partial charge in [0, 0.05) is 11.3 Å². The highest BCUT2D eigenvalue weighted by Crippen LogP contribution is 2.43. The summed E-state index contributed by atoms with van der Waals surface area (Å²) >= 11 is 0. The number of nitrogens with one attached hydrogen (secondary N) is 1. The van der Waals surface area contributed by atoms with Crippen LogP contribution in [0, 0.1) is 18.3 Å². The molecule has 3 aromatic rings. The van der Waals surface area contributed by atoms with E-state index < -0.39 is 5.92 Å². The Morgan fingerprint density at radius 3 is 2.69 bits per heavy atom. The molecule has 3 heterocycles. The molecule has 0 radical (unpaired) electrons. The second-order valence-corrected chi connectivity index (χ2v) is 5.92. The van der Waals surface area contributed by atoms with Crippen LogP contribution in [0.15, 0.2) is 52.3 Å². The lowest BCUT2D eigenvalue weighted by molar-refractivity contribution is 0.371. The van der Waals surface area contributed by atoms with Crippen LogP contribution in [0.4, 0.5) is 0 Å². The van der Waals surface area contributed by atoms with Crippen molar-refractivity contribution in [1.82, 2.24) is 10.2 Å². The zero-order valence-corrected chi connectivity index (χ0v) is 14.2. The van der Waals surface area contributed by atoms with Crippen molar-refractivity contribution < 1.29 is 13.9 Å². The van der Waals surface area contributed by atoms with E-state index in [1.165, 1.54) is 0 Å². The number of H-pyrrole nitrogens is 1. The first-order valence-corrected chi connectivity index (χ1v) is 7.99. The Morgan fingerprint density at radius 1 is 1.23 bits per heavy atom. The summed E-state index contributed by atoms with van der Waals surface area (Å²) in [6.07, 6.45) is 0. The summed E-state index contributed by atoms with van der Waals surface area (Å²) in [5.74, 6) is 2.00. The fourth-order valence-corrected chi connectivity index (χ4v) is 3.10. The van der Waals surface area contributed by atoms with Gasteiger partial charge in [-0.05, 0) is 43.3 Å². The van der Waals surface area contributed by atoms with E-state index in [-0.39, 0.29) is 5.88 Å². The summed E-state index contributed by atoms with van der Waals surface area (Å²) in [5, 5.41) is 16.6. The van der Waals surface area contributed by atoms with Crippen molar-refractivity contribution in [3.05, 3.63) is 64.9 Å². The quantitative estimate of drug-likeness (QED) is 0.752. The smallest absolute Gasteiger partial charge is 0.244 e. The number of nitrogens with zero attached hydrogens (tertiary/aromatic N) is 2. The normalized spacial score (nSPS) is 16.0. The van der Waals surface area contributed by atoms with E-state index in [0.717, 1.165) is 22.6 Å². The van der Waals surface area contributed by atoms with Crippen LogP contribution in [0.1, 0.15) is 22.9 Å². The lowest BCUT2D eigenvalue weighted by Crippen LogP contribution is -2.20. The van der Waals surface area contributed by atoms with E-state index in [1.54, 1.807) is 7.11 Å². The van der Waals surface area contributed by atoms with Crippen molar-refractivity contribution in [2.75, 3.05) is 7.11 Å². The standard InChI is InChI=1S/C19H16N4O3/c1-10-16-17(13(9-20)18(21)26-19(16)23-22-10)15-8-7-14(25-15)11-3-5-12(24-2)6-4-11/h3-8,17H,21H2,1-2H3,(H,22,23)/t17-/m0/s1. The van der Waals surface area contributed by atoms with Gasteiger partial charge in [-0.15, -0.1) is 5.10 Å². The number of hydrogen-bond acceptors (Lipinski definition) is 6. The van der Waals surface area contributed by atoms with Crippen molar-refractivity contribution in [1.29, 1.82) is 5.26 Å². The van der Waals surface area contributed by atoms with Gasteiger partial charge in [-0.1, -0.05) is 0 Å². The van der Waals surface area contributed by atoms with Crippen molar-refractivity contribution >= 4 is 0 Å². The number of aryl methyl sites for hydroxylation is 1. The van der Waals surface area contributed by atoms with Gasteiger partial charge in [-0.3, -0.25) is 5.10 Å². The van der Waals surface area contributed by atoms with Gasteiger partial charge in [0.1, 0.15) is 28.9 Å². The number of aromatic amines is 1. The van der Waals surface area contributed by atoms with Crippen molar-refractivity contribution in [2.24, 2.45) is 5.73 Å². The number of methoxy groups -OCH3 is 1. The predicted octanol–water partition coefficient (Wildman–Crippen LogP) is 3.20. The molecule has 2 aromatic heterocycles. The molecular weight excluding hydrogens is 332 g/mol. The first kappa shape index (κ1) is 15.8. The van der Waals surface area contributed by atoms with E-state index in [9.17, 15) is 5.26 Å². The number of nitriles is 1. The first-order chi connectivity index (χ1) is 12.6. The highest BCUT2D eigenvalue weighted by molar-refractivity contribution is 5.60. The number of aromatic nitrogens is 2. The summed E-state index contributed by atoms with van der Waals surface area (Å²) in [7, 11) is 1.62. The van der Waals surface area contributed by atoms with Crippen LogP contribution >= 0.6 is 0 Å². The SMILES string of the molecule is COc1ccc(-c2ccc([C@@H]3C(C#N)=C(N)Oc4n[nH]c(C)c43)o2)cc1. The van der Waals surface area contributed by atoms with Crippen LogP contribution < -0.4 is 15.2 Å². The Bertz CT molecular complexity index is 1040. The second kappa shape index (κ2) is 6.01. The topological polar surface area (TPSA) is 110 Å². The molecule has 0 aliphatic carbocycles. The minimum absolute atomic E-state index is 0.0406. The van der Waals surface area contributed by atoms with Crippen LogP contribution in [0.5, 0.6) is 11.6 Å². The number of furan rings is 1. The van der Waals surface area contributed by atoms with Gasteiger partial charge in [0.2, 0.25) is 11.8 Å². The molecule has 0 bridgehead atoms. The number of rotatable bonds is 3. The molecule has 130 valence electrons. The van der Waals surface area contributed by atoms with Crippen molar-refractivity contribution in [3.63, 3.8) is 0 Å². The minimum Gasteiger partial charge on any atom is -0.497 e. The summed E-state index contributed by atoms with van der Waals surface area (Å²) in [6.45, 7) is 1.87. The van der Waals surface area contributed by atoms with Crippen LogP contribution in [-0.4, -0.2) is 17.3 Å². The Balaban J connectivity index is 1.78. The third-order valence-corrected chi connectivity index (χ3v) is 4.42. The lowest BCUT2D eigenvalue weighted by atomic mass is 9.88. The molecule has 4 rings (SSSR count). The summed E-state index contributed by atoms with van der Waals surface area (Å²) in [5.41, 5.74) is 8.68. The molecule has 0 amide bonds. The molecule has 7 heteroatoms. The molecule has 7 nitrogen and oxygen atoms in total. The average molecular weight is 348 g/mol. The molecule has 26 heavy (non-hydrogen) atoms. The molecule has 1 aliphatic rings. The predicted molar refractivity (Wildman–Crippen MR) is 93.3 cm³/mol. The van der Waals surface area contributed by atoms with Gasteiger partial charge < -0.3 is 19.6 Å². The van der Waals surface area contributed by atoms with E-state index in [4.69, 9.17) is 19.6 Å². The molecule has 0 spiro atoms. The minimum atomic E-state index is -0.463. The first-order valence-electron chi connectivity index (χ1n) is 7.99. The molecule has 3 N–H and O–H groups in total. The van der Waals surface area contributed by atoms with E-state index in [0.29, 0.717) is 23.0 Å². The molecule has 1 aliphatic heterocycles. The summed E-state index contributed by atoms with van der Waals surface area (Å²) in [6, 6.07) is 13.4. The maximum atomic E-state index is 9.57. The number of fused-ring (bicyclic) bond motifs is 1. The van der Waals surface area contributed by atoms with Gasteiger partial charge in [0.25, 0.3) is 0 Å². The van der Waals surface area contributed by atoms with Crippen LogP contribution in [-0.2, 0) is 0 Å². The van der Waals surface area contributed by atoms with Gasteiger partial charge in [-0.25, -0.2) is 0 Å². The highest BCUT2D eigenvalue weighted by atomic mass is 16.5. The Labute approximate surface area is 149 Å². The number of ether oxygens (including phenoxy) is 2. The molecular formula is C19H16N4O3. The van der Waals surface area contributed by atoms with Gasteiger partial charge in [0.05, 0.1) is 18.6 Å². The third kappa shape index (κ3) is 2.40. The molecule has 0 saturated heterocycles. The lowest BCUT2D eigenvalue weighted by Gasteiger charge is -2.21. The Kier molecular flexibility index (Phi) is 3.66. The van der Waals surface area contributed by atoms with E-state index >= 15 is 0 Å². The second-order valence-electron chi connectivity index (χ2n) is 5.92. The fourth-order valence-electron chi connectivity index (χ4n) is 3.10. The molecule has 0 saturated carbocycles. The van der Waals surface area contributed by atoms with Crippen LogP contribution in [0.25, 0.3) is 11.3 Å². The fraction of sp³-hybridized carbons (Fsp3) is 0.158. The number of allylic oxidation sites excluding steroid dienone is 1. The largest absolute Gasteiger partial charge is 0.497 e. The van der Waals surface area contributed by atoms with Gasteiger partial charge in [0.15, 0.2) is 0 Å². The summed E-state index contributed by atoms with van der Waals surface area (Å²) in [4.78, 5) is 0. The highest BCUT2D eigenvalue weighted by Gasteiger charge is 2.36. The maximum absolute atomic E-state index is 9.57. The number of nitrogens with two attached hydrogens (primary N) is 1. The van der Waals surface area contributed by atoms with Gasteiger partial charge >= 0.3 is 0 Å². The van der Waals surface area contributed by atoms with Gasteiger partial charge in [-0.2, -0.15) is 5.26 Å². The zero-order valence-electron chi connectivity index (χ0n) is 14.2. The molecule has 1 atom stereocenters. The van der Waals surface area contributed by atoms with Crippen molar-refractivity contribution in [3.8, 4) is 29.0 Å². The maximum Gasteiger partial charge on any atom is 0.244 e. The number of benzene rings is 1. The number of hydrogen-bond donors (Lipinski definition) is 2. The third-order valence-electron chi connectivity index (χ3n) is 4.42. The average Bonchev–Trinajstić information content (AvgIpc) is 3.28. The van der Waals surface area contributed by atoms with Crippen LogP contribution in [0.2, 0.25) is 0 Å². The zero-order chi connectivity index (χ0) is 18.3. The van der Waals surface area contributed by atoms with E-state index in [1.807, 2.05) is 43.3 Å². The molecule has 0 fully saturated rings. The Morgan fingerprint density at radius 2 is 2.00 bits per heavy atom. The van der Waals surface area contributed by atoms with Crippen molar-refractivity contribution in [2.45, 2.75) is 12.8 Å². The monoisotopic (exact) mass is 348 g/mol. The van der Waals surface area contributed by atoms with E-state index in [2.05, 4.69) is 16.3 Å². The summed E-state index contributed by atoms with van der Waals surface area (Å²) < 4.78 is 16.7.